The molecule has 1 atom stereocenters. The molecule has 0 spiro atoms. The van der Waals surface area contributed by atoms with Crippen LogP contribution >= 0.6 is 0 Å². The lowest BCUT2D eigenvalue weighted by atomic mass is 10.1. The van der Waals surface area contributed by atoms with Crippen molar-refractivity contribution < 1.29 is 9.50 Å². The first-order valence-electron chi connectivity index (χ1n) is 5.44. The molecule has 1 aromatic carbocycles. The number of rotatable bonds is 6. The van der Waals surface area contributed by atoms with E-state index in [1.807, 2.05) is 0 Å². The first-order valence-corrected chi connectivity index (χ1v) is 5.44. The van der Waals surface area contributed by atoms with Gasteiger partial charge in [-0.2, -0.15) is 0 Å². The van der Waals surface area contributed by atoms with Crippen molar-refractivity contribution >= 4 is 5.69 Å². The summed E-state index contributed by atoms with van der Waals surface area (Å²) in [7, 11) is 0. The van der Waals surface area contributed by atoms with Crippen LogP contribution in [-0.2, 0) is 6.42 Å². The minimum absolute atomic E-state index is 0.257. The number of hydrogen-bond donors (Lipinski definition) is 2. The van der Waals surface area contributed by atoms with Crippen LogP contribution in [-0.4, -0.2) is 17.8 Å². The zero-order valence-electron chi connectivity index (χ0n) is 9.54. The lowest BCUT2D eigenvalue weighted by Gasteiger charge is -2.12. The number of halogens is 1. The molecule has 0 radical (unpaired) electrons. The minimum atomic E-state index is -0.344. The monoisotopic (exact) mass is 223 g/mol. The molecule has 3 heteroatoms. The number of aliphatic hydroxyl groups excluding tert-OH is 1. The largest absolute Gasteiger partial charge is 0.393 e. The normalized spacial score (nSPS) is 12.2. The van der Waals surface area contributed by atoms with Crippen LogP contribution in [0, 0.1) is 5.82 Å². The van der Waals surface area contributed by atoms with Crippen molar-refractivity contribution in [2.24, 2.45) is 0 Å². The van der Waals surface area contributed by atoms with Gasteiger partial charge in [0, 0.05) is 12.2 Å². The van der Waals surface area contributed by atoms with E-state index in [-0.39, 0.29) is 11.9 Å². The molecule has 0 aliphatic heterocycles. The average molecular weight is 223 g/mol. The SMILES string of the molecule is C=CCc1ccc(F)cc1NCCC(C)O. The van der Waals surface area contributed by atoms with Gasteiger partial charge in [0.15, 0.2) is 0 Å². The lowest BCUT2D eigenvalue weighted by Crippen LogP contribution is -2.11. The molecule has 0 bridgehead atoms. The Labute approximate surface area is 95.8 Å². The van der Waals surface area contributed by atoms with E-state index < -0.39 is 0 Å². The van der Waals surface area contributed by atoms with Crippen molar-refractivity contribution in [3.05, 3.63) is 42.2 Å². The van der Waals surface area contributed by atoms with Gasteiger partial charge in [-0.3, -0.25) is 0 Å². The Bertz CT molecular complexity index is 350. The number of benzene rings is 1. The zero-order valence-corrected chi connectivity index (χ0v) is 9.54. The number of hydrogen-bond acceptors (Lipinski definition) is 2. The second kappa shape index (κ2) is 6.28. The van der Waals surface area contributed by atoms with E-state index in [1.54, 1.807) is 19.1 Å². The van der Waals surface area contributed by atoms with Gasteiger partial charge >= 0.3 is 0 Å². The molecule has 0 aliphatic carbocycles. The van der Waals surface area contributed by atoms with Crippen molar-refractivity contribution in [1.29, 1.82) is 0 Å². The van der Waals surface area contributed by atoms with Gasteiger partial charge in [-0.1, -0.05) is 12.1 Å². The Morgan fingerprint density at radius 1 is 1.56 bits per heavy atom. The maximum absolute atomic E-state index is 13.1. The smallest absolute Gasteiger partial charge is 0.125 e. The molecule has 1 rings (SSSR count). The number of nitrogens with one attached hydrogen (secondary N) is 1. The van der Waals surface area contributed by atoms with E-state index in [0.29, 0.717) is 19.4 Å². The predicted molar refractivity (Wildman–Crippen MR) is 65.1 cm³/mol. The molecule has 88 valence electrons. The van der Waals surface area contributed by atoms with E-state index in [0.717, 1.165) is 11.3 Å². The van der Waals surface area contributed by atoms with Crippen LogP contribution in [0.15, 0.2) is 30.9 Å². The highest BCUT2D eigenvalue weighted by Crippen LogP contribution is 2.18. The topological polar surface area (TPSA) is 32.3 Å². The molecule has 2 N–H and O–H groups in total. The van der Waals surface area contributed by atoms with Crippen LogP contribution in [0.3, 0.4) is 0 Å². The predicted octanol–water partition coefficient (Wildman–Crippen LogP) is 2.74. The summed E-state index contributed by atoms with van der Waals surface area (Å²) in [6.45, 7) is 6.03. The van der Waals surface area contributed by atoms with Crippen molar-refractivity contribution in [1.82, 2.24) is 0 Å². The van der Waals surface area contributed by atoms with Gasteiger partial charge in [-0.15, -0.1) is 6.58 Å². The fourth-order valence-electron chi connectivity index (χ4n) is 1.46. The Morgan fingerprint density at radius 2 is 2.31 bits per heavy atom. The quantitative estimate of drug-likeness (QED) is 0.727. The molecule has 1 aromatic rings. The molecule has 0 amide bonds. The van der Waals surface area contributed by atoms with Gasteiger partial charge in [0.25, 0.3) is 0 Å². The fourth-order valence-corrected chi connectivity index (χ4v) is 1.46. The van der Waals surface area contributed by atoms with Crippen molar-refractivity contribution in [2.75, 3.05) is 11.9 Å². The number of aliphatic hydroxyl groups is 1. The minimum Gasteiger partial charge on any atom is -0.393 e. The Balaban J connectivity index is 2.67. The van der Waals surface area contributed by atoms with Gasteiger partial charge < -0.3 is 10.4 Å². The lowest BCUT2D eigenvalue weighted by molar-refractivity contribution is 0.189. The van der Waals surface area contributed by atoms with Crippen LogP contribution in [0.2, 0.25) is 0 Å². The summed E-state index contributed by atoms with van der Waals surface area (Å²) < 4.78 is 13.1. The third-order valence-electron chi connectivity index (χ3n) is 2.31. The standard InChI is InChI=1S/C13H18FNO/c1-3-4-11-5-6-12(14)9-13(11)15-8-7-10(2)16/h3,5-6,9-10,15-16H,1,4,7-8H2,2H3. The Hall–Kier alpha value is -1.35. The van der Waals surface area contributed by atoms with Gasteiger partial charge in [0.1, 0.15) is 5.82 Å². The van der Waals surface area contributed by atoms with Gasteiger partial charge in [0.2, 0.25) is 0 Å². The summed E-state index contributed by atoms with van der Waals surface area (Å²) in [4.78, 5) is 0. The summed E-state index contributed by atoms with van der Waals surface area (Å²) in [5, 5.41) is 12.2. The Kier molecular flexibility index (Phi) is 4.99. The van der Waals surface area contributed by atoms with E-state index in [4.69, 9.17) is 5.11 Å². The molecule has 0 saturated carbocycles. The highest BCUT2D eigenvalue weighted by Gasteiger charge is 2.03. The van der Waals surface area contributed by atoms with Crippen LogP contribution < -0.4 is 5.32 Å². The summed E-state index contributed by atoms with van der Waals surface area (Å²) >= 11 is 0. The molecule has 1 unspecified atom stereocenters. The number of allylic oxidation sites excluding steroid dienone is 1. The first-order chi connectivity index (χ1) is 7.63. The second-order valence-electron chi connectivity index (χ2n) is 3.86. The zero-order chi connectivity index (χ0) is 12.0. The van der Waals surface area contributed by atoms with Crippen LogP contribution in [0.25, 0.3) is 0 Å². The maximum atomic E-state index is 13.1. The molecule has 0 saturated heterocycles. The van der Waals surface area contributed by atoms with E-state index in [9.17, 15) is 4.39 Å². The van der Waals surface area contributed by atoms with Gasteiger partial charge in [0.05, 0.1) is 6.10 Å². The fraction of sp³-hybridized carbons (Fsp3) is 0.385. The van der Waals surface area contributed by atoms with Crippen molar-refractivity contribution in [3.8, 4) is 0 Å². The van der Waals surface area contributed by atoms with Crippen LogP contribution in [0.4, 0.5) is 10.1 Å². The molecule has 0 aromatic heterocycles. The van der Waals surface area contributed by atoms with Crippen LogP contribution in [0.1, 0.15) is 18.9 Å². The summed E-state index contributed by atoms with van der Waals surface area (Å²) in [5.41, 5.74) is 1.79. The van der Waals surface area contributed by atoms with Crippen LogP contribution in [0.5, 0.6) is 0 Å². The summed E-state index contributed by atoms with van der Waals surface area (Å²) in [5.74, 6) is -0.257. The van der Waals surface area contributed by atoms with Crippen molar-refractivity contribution in [3.63, 3.8) is 0 Å². The molecule has 0 heterocycles. The van der Waals surface area contributed by atoms with Gasteiger partial charge in [-0.25, -0.2) is 4.39 Å². The third kappa shape index (κ3) is 4.03. The van der Waals surface area contributed by atoms with Crippen molar-refractivity contribution in [2.45, 2.75) is 25.9 Å². The molecular formula is C13H18FNO. The molecule has 0 aliphatic rings. The molecular weight excluding hydrogens is 205 g/mol. The van der Waals surface area contributed by atoms with Gasteiger partial charge in [-0.05, 0) is 37.5 Å². The highest BCUT2D eigenvalue weighted by atomic mass is 19.1. The van der Waals surface area contributed by atoms with E-state index in [1.165, 1.54) is 12.1 Å². The number of anilines is 1. The highest BCUT2D eigenvalue weighted by molar-refractivity contribution is 5.52. The molecule has 2 nitrogen and oxygen atoms in total. The van der Waals surface area contributed by atoms with E-state index in [2.05, 4.69) is 11.9 Å². The Morgan fingerprint density at radius 3 is 2.94 bits per heavy atom. The molecule has 0 fully saturated rings. The van der Waals surface area contributed by atoms with E-state index >= 15 is 0 Å². The summed E-state index contributed by atoms with van der Waals surface area (Å²) in [6.07, 6.45) is 2.79. The maximum Gasteiger partial charge on any atom is 0.125 e. The molecule has 16 heavy (non-hydrogen) atoms. The average Bonchev–Trinajstić information content (AvgIpc) is 2.21. The summed E-state index contributed by atoms with van der Waals surface area (Å²) in [6, 6.07) is 4.67. The first kappa shape index (κ1) is 12.7. The third-order valence-corrected chi connectivity index (χ3v) is 2.31. The second-order valence-corrected chi connectivity index (χ2v) is 3.86.